The molecule has 0 aliphatic carbocycles. The van der Waals surface area contributed by atoms with Crippen molar-refractivity contribution in [2.24, 2.45) is 0 Å². The fourth-order valence-corrected chi connectivity index (χ4v) is 1.01. The largest absolute Gasteiger partial charge is 0.396 e. The van der Waals surface area contributed by atoms with Crippen LogP contribution in [0.5, 0.6) is 0 Å². The first-order valence-corrected chi connectivity index (χ1v) is 3.79. The fraction of sp³-hybridized carbons (Fsp3) is 0.333. The zero-order valence-corrected chi connectivity index (χ0v) is 6.56. The summed E-state index contributed by atoms with van der Waals surface area (Å²) in [6, 6.07) is 4.07. The maximum atomic E-state index is 12.9. The monoisotopic (exact) mass is 172 g/mol. The molecule has 0 aliphatic rings. The third-order valence-corrected chi connectivity index (χ3v) is 1.64. The molecule has 1 aromatic carbocycles. The van der Waals surface area contributed by atoms with Gasteiger partial charge in [0, 0.05) is 6.61 Å². The number of hydrogen-bond acceptors (Lipinski definition) is 1. The molecule has 12 heavy (non-hydrogen) atoms. The van der Waals surface area contributed by atoms with Crippen molar-refractivity contribution < 1.29 is 13.9 Å². The van der Waals surface area contributed by atoms with Gasteiger partial charge in [0.1, 0.15) is 0 Å². The molecule has 0 atom stereocenters. The summed E-state index contributed by atoms with van der Waals surface area (Å²) >= 11 is 0. The smallest absolute Gasteiger partial charge is 0.162 e. The van der Waals surface area contributed by atoms with Gasteiger partial charge in [0.05, 0.1) is 0 Å². The second-order valence-corrected chi connectivity index (χ2v) is 2.54. The topological polar surface area (TPSA) is 20.2 Å². The van der Waals surface area contributed by atoms with Gasteiger partial charge in [0.25, 0.3) is 0 Å². The molecule has 0 aliphatic heterocycles. The zero-order chi connectivity index (χ0) is 8.97. The van der Waals surface area contributed by atoms with Crippen LogP contribution in [0.2, 0.25) is 0 Å². The molecule has 0 saturated carbocycles. The predicted octanol–water partition coefficient (Wildman–Crippen LogP) is 1.89. The minimum atomic E-state index is -0.828. The summed E-state index contributed by atoms with van der Waals surface area (Å²) in [7, 11) is 0. The van der Waals surface area contributed by atoms with E-state index in [2.05, 4.69) is 0 Å². The molecule has 0 radical (unpaired) electrons. The Labute approximate surface area is 69.7 Å². The van der Waals surface area contributed by atoms with Gasteiger partial charge in [-0.3, -0.25) is 0 Å². The van der Waals surface area contributed by atoms with Crippen LogP contribution in [-0.2, 0) is 6.42 Å². The van der Waals surface area contributed by atoms with E-state index in [4.69, 9.17) is 5.11 Å². The third-order valence-electron chi connectivity index (χ3n) is 1.64. The van der Waals surface area contributed by atoms with Crippen molar-refractivity contribution in [1.82, 2.24) is 0 Å². The number of benzene rings is 1. The molecule has 0 aromatic heterocycles. The number of halogens is 2. The summed E-state index contributed by atoms with van der Waals surface area (Å²) < 4.78 is 25.4. The van der Waals surface area contributed by atoms with Gasteiger partial charge in [-0.2, -0.15) is 0 Å². The Morgan fingerprint density at radius 1 is 1.25 bits per heavy atom. The molecular formula is C9H10F2O. The van der Waals surface area contributed by atoms with Gasteiger partial charge >= 0.3 is 0 Å². The zero-order valence-electron chi connectivity index (χ0n) is 6.56. The van der Waals surface area contributed by atoms with Crippen LogP contribution in [0.15, 0.2) is 18.2 Å². The van der Waals surface area contributed by atoms with Gasteiger partial charge in [-0.1, -0.05) is 12.1 Å². The van der Waals surface area contributed by atoms with Crippen molar-refractivity contribution in [3.05, 3.63) is 35.4 Å². The van der Waals surface area contributed by atoms with Crippen molar-refractivity contribution in [2.45, 2.75) is 12.8 Å². The molecule has 0 saturated heterocycles. The molecular weight excluding hydrogens is 162 g/mol. The molecule has 1 nitrogen and oxygen atoms in total. The van der Waals surface area contributed by atoms with Gasteiger partial charge in [-0.25, -0.2) is 8.78 Å². The minimum absolute atomic E-state index is 0.00401. The molecule has 0 spiro atoms. The summed E-state index contributed by atoms with van der Waals surface area (Å²) in [5.74, 6) is -1.63. The fourth-order valence-electron chi connectivity index (χ4n) is 1.01. The van der Waals surface area contributed by atoms with E-state index in [0.717, 1.165) is 6.07 Å². The summed E-state index contributed by atoms with van der Waals surface area (Å²) in [6.45, 7) is -0.00401. The second kappa shape index (κ2) is 4.16. The van der Waals surface area contributed by atoms with Crippen molar-refractivity contribution in [3.8, 4) is 0 Å². The van der Waals surface area contributed by atoms with Crippen molar-refractivity contribution >= 4 is 0 Å². The first-order valence-electron chi connectivity index (χ1n) is 3.79. The van der Waals surface area contributed by atoms with Crippen LogP contribution in [0.3, 0.4) is 0 Å². The van der Waals surface area contributed by atoms with Crippen LogP contribution in [0.25, 0.3) is 0 Å². The van der Waals surface area contributed by atoms with E-state index >= 15 is 0 Å². The van der Waals surface area contributed by atoms with Gasteiger partial charge in [-0.15, -0.1) is 0 Å². The van der Waals surface area contributed by atoms with E-state index in [1.807, 2.05) is 0 Å². The van der Waals surface area contributed by atoms with Crippen LogP contribution in [0.4, 0.5) is 8.78 Å². The average Bonchev–Trinajstić information content (AvgIpc) is 2.08. The minimum Gasteiger partial charge on any atom is -0.396 e. The Kier molecular flexibility index (Phi) is 3.17. The number of aliphatic hydroxyl groups is 1. The van der Waals surface area contributed by atoms with E-state index in [1.54, 1.807) is 0 Å². The van der Waals surface area contributed by atoms with Crippen molar-refractivity contribution in [3.63, 3.8) is 0 Å². The lowest BCUT2D eigenvalue weighted by atomic mass is 10.1. The van der Waals surface area contributed by atoms with Gasteiger partial charge in [0.2, 0.25) is 0 Å². The predicted molar refractivity (Wildman–Crippen MR) is 41.8 cm³/mol. The normalized spacial score (nSPS) is 10.2. The van der Waals surface area contributed by atoms with Crippen LogP contribution >= 0.6 is 0 Å². The lowest BCUT2D eigenvalue weighted by Gasteiger charge is -2.01. The number of aryl methyl sites for hydroxylation is 1. The van der Waals surface area contributed by atoms with Crippen molar-refractivity contribution in [2.75, 3.05) is 6.61 Å². The molecule has 1 rings (SSSR count). The van der Waals surface area contributed by atoms with Crippen LogP contribution in [0, 0.1) is 11.6 Å². The quantitative estimate of drug-likeness (QED) is 0.738. The first kappa shape index (κ1) is 9.13. The molecule has 0 amide bonds. The Morgan fingerprint density at radius 2 is 2.00 bits per heavy atom. The molecule has 3 heteroatoms. The van der Waals surface area contributed by atoms with E-state index in [9.17, 15) is 8.78 Å². The van der Waals surface area contributed by atoms with Crippen LogP contribution in [-0.4, -0.2) is 11.7 Å². The Balaban J connectivity index is 2.78. The number of rotatable bonds is 3. The molecule has 0 bridgehead atoms. The highest BCUT2D eigenvalue weighted by Gasteiger charge is 2.05. The van der Waals surface area contributed by atoms with Gasteiger partial charge in [0.15, 0.2) is 11.6 Å². The SMILES string of the molecule is OCCCc1cccc(F)c1F. The Morgan fingerprint density at radius 3 is 2.67 bits per heavy atom. The standard InChI is InChI=1S/C9H10F2O/c10-8-5-1-3-7(9(8)11)4-2-6-12/h1,3,5,12H,2,4,6H2. The van der Waals surface area contributed by atoms with Crippen LogP contribution in [0.1, 0.15) is 12.0 Å². The molecule has 1 N–H and O–H groups in total. The van der Waals surface area contributed by atoms with E-state index in [1.165, 1.54) is 12.1 Å². The first-order chi connectivity index (χ1) is 5.75. The summed E-state index contributed by atoms with van der Waals surface area (Å²) in [4.78, 5) is 0. The number of hydrogen-bond donors (Lipinski definition) is 1. The lowest BCUT2D eigenvalue weighted by molar-refractivity contribution is 0.287. The molecule has 0 heterocycles. The molecule has 66 valence electrons. The van der Waals surface area contributed by atoms with E-state index in [0.29, 0.717) is 18.4 Å². The van der Waals surface area contributed by atoms with Crippen LogP contribution < -0.4 is 0 Å². The van der Waals surface area contributed by atoms with E-state index in [-0.39, 0.29) is 6.61 Å². The van der Waals surface area contributed by atoms with Gasteiger partial charge in [-0.05, 0) is 24.5 Å². The Hall–Kier alpha value is -0.960. The second-order valence-electron chi connectivity index (χ2n) is 2.54. The highest BCUT2D eigenvalue weighted by atomic mass is 19.2. The molecule has 0 fully saturated rings. The summed E-state index contributed by atoms with van der Waals surface area (Å²) in [5.41, 5.74) is 0.323. The lowest BCUT2D eigenvalue weighted by Crippen LogP contribution is -1.95. The maximum Gasteiger partial charge on any atom is 0.162 e. The Bertz CT molecular complexity index is 261. The summed E-state index contributed by atoms with van der Waals surface area (Å²) in [5, 5.41) is 8.47. The third kappa shape index (κ3) is 2.01. The van der Waals surface area contributed by atoms with E-state index < -0.39 is 11.6 Å². The highest BCUT2D eigenvalue weighted by molar-refractivity contribution is 5.18. The summed E-state index contributed by atoms with van der Waals surface area (Å²) in [6.07, 6.45) is 0.834. The average molecular weight is 172 g/mol. The van der Waals surface area contributed by atoms with Crippen molar-refractivity contribution in [1.29, 1.82) is 0 Å². The molecule has 0 unspecified atom stereocenters. The number of aliphatic hydroxyl groups excluding tert-OH is 1. The van der Waals surface area contributed by atoms with Gasteiger partial charge < -0.3 is 5.11 Å². The maximum absolute atomic E-state index is 12.9. The highest BCUT2D eigenvalue weighted by Crippen LogP contribution is 2.12. The molecule has 1 aromatic rings.